The average Bonchev–Trinajstić information content (AvgIpc) is 2.88. The molecule has 0 aromatic carbocycles. The Labute approximate surface area is 89.6 Å². The first-order valence-corrected chi connectivity index (χ1v) is 5.43. The molecular weight excluding hydrogens is 192 g/mol. The van der Waals surface area contributed by atoms with Gasteiger partial charge in [-0.2, -0.15) is 4.98 Å². The minimum absolute atomic E-state index is 0.231. The molecule has 0 unspecified atom stereocenters. The first-order chi connectivity index (χ1) is 7.13. The van der Waals surface area contributed by atoms with Crippen LogP contribution in [0.25, 0.3) is 0 Å². The lowest BCUT2D eigenvalue weighted by Crippen LogP contribution is -2.28. The molecule has 1 aromatic rings. The number of anilines is 1. The van der Waals surface area contributed by atoms with Crippen molar-refractivity contribution in [2.24, 2.45) is 5.73 Å². The highest BCUT2D eigenvalue weighted by Crippen LogP contribution is 2.23. The van der Waals surface area contributed by atoms with Gasteiger partial charge in [0.05, 0.1) is 5.41 Å². The number of hydrogen-bond donors (Lipinski definition) is 1. The van der Waals surface area contributed by atoms with Crippen molar-refractivity contribution in [3.05, 3.63) is 5.89 Å². The van der Waals surface area contributed by atoms with Crippen molar-refractivity contribution in [1.82, 2.24) is 10.1 Å². The highest BCUT2D eigenvalue weighted by Gasteiger charge is 2.27. The van der Waals surface area contributed by atoms with Crippen LogP contribution in [0.15, 0.2) is 4.52 Å². The molecule has 1 aromatic heterocycles. The van der Waals surface area contributed by atoms with Gasteiger partial charge in [0.15, 0.2) is 0 Å². The van der Waals surface area contributed by atoms with Crippen molar-refractivity contribution in [3.8, 4) is 0 Å². The van der Waals surface area contributed by atoms with Gasteiger partial charge in [-0.3, -0.25) is 0 Å². The topological polar surface area (TPSA) is 68.2 Å². The maximum absolute atomic E-state index is 5.66. The summed E-state index contributed by atoms with van der Waals surface area (Å²) in [5, 5.41) is 4.00. The van der Waals surface area contributed by atoms with Crippen molar-refractivity contribution in [1.29, 1.82) is 0 Å². The Bertz CT molecular complexity index is 328. The number of aromatic nitrogens is 2. The standard InChI is InChI=1S/C10H18N4O/c1-10(2,7-11)8-12-9(13-15-8)14-5-3-4-6-14/h3-7,11H2,1-2H3. The average molecular weight is 210 g/mol. The molecule has 15 heavy (non-hydrogen) atoms. The van der Waals surface area contributed by atoms with E-state index in [4.69, 9.17) is 10.3 Å². The molecule has 0 radical (unpaired) electrons. The van der Waals surface area contributed by atoms with E-state index in [1.54, 1.807) is 0 Å². The number of nitrogens with zero attached hydrogens (tertiary/aromatic N) is 3. The monoisotopic (exact) mass is 210 g/mol. The van der Waals surface area contributed by atoms with Crippen molar-refractivity contribution in [3.63, 3.8) is 0 Å². The zero-order chi connectivity index (χ0) is 10.9. The van der Waals surface area contributed by atoms with E-state index in [9.17, 15) is 0 Å². The van der Waals surface area contributed by atoms with E-state index in [2.05, 4.69) is 15.0 Å². The van der Waals surface area contributed by atoms with E-state index in [0.29, 0.717) is 18.4 Å². The zero-order valence-electron chi connectivity index (χ0n) is 9.36. The van der Waals surface area contributed by atoms with Gasteiger partial charge in [0.25, 0.3) is 5.95 Å². The molecule has 1 aliphatic rings. The van der Waals surface area contributed by atoms with Gasteiger partial charge in [-0.15, -0.1) is 0 Å². The van der Waals surface area contributed by atoms with Crippen LogP contribution < -0.4 is 10.6 Å². The van der Waals surface area contributed by atoms with Gasteiger partial charge in [0.1, 0.15) is 0 Å². The fourth-order valence-corrected chi connectivity index (χ4v) is 1.62. The lowest BCUT2D eigenvalue weighted by atomic mass is 9.94. The summed E-state index contributed by atoms with van der Waals surface area (Å²) in [4.78, 5) is 6.56. The molecule has 2 N–H and O–H groups in total. The molecule has 2 rings (SSSR count). The van der Waals surface area contributed by atoms with Crippen LogP contribution in [-0.2, 0) is 5.41 Å². The zero-order valence-corrected chi connectivity index (χ0v) is 9.36. The second-order valence-corrected chi connectivity index (χ2v) is 4.68. The molecular formula is C10H18N4O. The molecule has 5 heteroatoms. The third-order valence-electron chi connectivity index (χ3n) is 2.89. The smallest absolute Gasteiger partial charge is 0.266 e. The molecule has 5 nitrogen and oxygen atoms in total. The molecule has 84 valence electrons. The quantitative estimate of drug-likeness (QED) is 0.803. The summed E-state index contributed by atoms with van der Waals surface area (Å²) < 4.78 is 5.25. The van der Waals surface area contributed by atoms with Crippen molar-refractivity contribution in [2.45, 2.75) is 32.1 Å². The van der Waals surface area contributed by atoms with E-state index in [1.165, 1.54) is 12.8 Å². The first kappa shape index (κ1) is 10.4. The molecule has 1 saturated heterocycles. The highest BCUT2D eigenvalue weighted by molar-refractivity contribution is 5.29. The maximum atomic E-state index is 5.66. The van der Waals surface area contributed by atoms with Crippen LogP contribution in [0.4, 0.5) is 5.95 Å². The summed E-state index contributed by atoms with van der Waals surface area (Å²) >= 11 is 0. The van der Waals surface area contributed by atoms with Crippen molar-refractivity contribution < 1.29 is 4.52 Å². The number of nitrogens with two attached hydrogens (primary N) is 1. The Hall–Kier alpha value is -1.10. The van der Waals surface area contributed by atoms with Crippen LogP contribution in [0, 0.1) is 0 Å². The third kappa shape index (κ3) is 1.97. The SMILES string of the molecule is CC(C)(CN)c1nc(N2CCCC2)no1. The Morgan fingerprint density at radius 3 is 2.67 bits per heavy atom. The lowest BCUT2D eigenvalue weighted by molar-refractivity contribution is 0.311. The molecule has 0 amide bonds. The minimum Gasteiger partial charge on any atom is -0.338 e. The summed E-state index contributed by atoms with van der Waals surface area (Å²) in [6.07, 6.45) is 2.42. The molecule has 0 saturated carbocycles. The highest BCUT2D eigenvalue weighted by atomic mass is 16.5. The van der Waals surface area contributed by atoms with Crippen LogP contribution in [0.1, 0.15) is 32.6 Å². The van der Waals surface area contributed by atoms with Crippen LogP contribution in [0.3, 0.4) is 0 Å². The number of hydrogen-bond acceptors (Lipinski definition) is 5. The minimum atomic E-state index is -0.231. The molecule has 1 aliphatic heterocycles. The van der Waals surface area contributed by atoms with Gasteiger partial charge in [-0.25, -0.2) is 0 Å². The Morgan fingerprint density at radius 1 is 1.40 bits per heavy atom. The van der Waals surface area contributed by atoms with Gasteiger partial charge in [-0.05, 0) is 31.8 Å². The van der Waals surface area contributed by atoms with Gasteiger partial charge < -0.3 is 15.2 Å². The first-order valence-electron chi connectivity index (χ1n) is 5.43. The summed E-state index contributed by atoms with van der Waals surface area (Å²) in [7, 11) is 0. The van der Waals surface area contributed by atoms with E-state index >= 15 is 0 Å². The summed E-state index contributed by atoms with van der Waals surface area (Å²) in [5.41, 5.74) is 5.43. The molecule has 0 aliphatic carbocycles. The van der Waals surface area contributed by atoms with E-state index in [-0.39, 0.29) is 5.41 Å². The van der Waals surface area contributed by atoms with Crippen LogP contribution >= 0.6 is 0 Å². The van der Waals surface area contributed by atoms with Crippen LogP contribution in [-0.4, -0.2) is 29.8 Å². The normalized spacial score (nSPS) is 17.4. The summed E-state index contributed by atoms with van der Waals surface area (Å²) in [6.45, 7) is 6.58. The van der Waals surface area contributed by atoms with Gasteiger partial charge in [0.2, 0.25) is 5.89 Å². The third-order valence-corrected chi connectivity index (χ3v) is 2.89. The van der Waals surface area contributed by atoms with Crippen LogP contribution in [0.2, 0.25) is 0 Å². The van der Waals surface area contributed by atoms with Gasteiger partial charge in [-0.1, -0.05) is 0 Å². The maximum Gasteiger partial charge on any atom is 0.266 e. The van der Waals surface area contributed by atoms with Crippen LogP contribution in [0.5, 0.6) is 0 Å². The molecule has 1 fully saturated rings. The Balaban J connectivity index is 2.16. The lowest BCUT2D eigenvalue weighted by Gasteiger charge is -2.16. The number of rotatable bonds is 3. The fraction of sp³-hybridized carbons (Fsp3) is 0.800. The van der Waals surface area contributed by atoms with Crippen molar-refractivity contribution in [2.75, 3.05) is 24.5 Å². The Morgan fingerprint density at radius 2 is 2.07 bits per heavy atom. The van der Waals surface area contributed by atoms with E-state index in [1.807, 2.05) is 13.8 Å². The van der Waals surface area contributed by atoms with E-state index < -0.39 is 0 Å². The fourth-order valence-electron chi connectivity index (χ4n) is 1.62. The molecule has 0 bridgehead atoms. The van der Waals surface area contributed by atoms with Crippen molar-refractivity contribution >= 4 is 5.95 Å². The Kier molecular flexibility index (Phi) is 2.65. The van der Waals surface area contributed by atoms with Gasteiger partial charge in [0, 0.05) is 19.6 Å². The molecule has 0 atom stereocenters. The van der Waals surface area contributed by atoms with E-state index in [0.717, 1.165) is 13.1 Å². The summed E-state index contributed by atoms with van der Waals surface area (Å²) in [5.74, 6) is 1.34. The molecule has 2 heterocycles. The second kappa shape index (κ2) is 3.81. The largest absolute Gasteiger partial charge is 0.338 e. The summed E-state index contributed by atoms with van der Waals surface area (Å²) in [6, 6.07) is 0. The van der Waals surface area contributed by atoms with Gasteiger partial charge >= 0.3 is 0 Å². The second-order valence-electron chi connectivity index (χ2n) is 4.68. The predicted molar refractivity (Wildman–Crippen MR) is 57.8 cm³/mol. The molecule has 0 spiro atoms. The predicted octanol–water partition coefficient (Wildman–Crippen LogP) is 0.906.